The van der Waals surface area contributed by atoms with Crippen molar-refractivity contribution >= 4 is 10.9 Å². The number of fused-ring (bicyclic) bond motifs is 1. The summed E-state index contributed by atoms with van der Waals surface area (Å²) in [5.41, 5.74) is 2.40. The van der Waals surface area contributed by atoms with E-state index in [-0.39, 0.29) is 0 Å². The number of aryl methyl sites for hydroxylation is 1. The maximum atomic E-state index is 5.76. The zero-order valence-electron chi connectivity index (χ0n) is 13.2. The molecule has 0 bridgehead atoms. The third-order valence-electron chi connectivity index (χ3n) is 4.51. The minimum Gasteiger partial charge on any atom is -0.378 e. The number of aromatic nitrogens is 2. The average molecular weight is 287 g/mol. The summed E-state index contributed by atoms with van der Waals surface area (Å²) in [4.78, 5) is 0. The van der Waals surface area contributed by atoms with Crippen molar-refractivity contribution < 1.29 is 4.74 Å². The maximum Gasteiger partial charge on any atom is 0.0718 e. The number of rotatable bonds is 5. The highest BCUT2D eigenvalue weighted by molar-refractivity contribution is 5.81. The fourth-order valence-electron chi connectivity index (χ4n) is 3.45. The molecule has 2 heterocycles. The van der Waals surface area contributed by atoms with Crippen LogP contribution >= 0.6 is 0 Å². The van der Waals surface area contributed by atoms with Crippen molar-refractivity contribution in [1.82, 2.24) is 15.1 Å². The van der Waals surface area contributed by atoms with Crippen molar-refractivity contribution in [3.63, 3.8) is 0 Å². The van der Waals surface area contributed by atoms with E-state index in [2.05, 4.69) is 43.4 Å². The highest BCUT2D eigenvalue weighted by Crippen LogP contribution is 2.26. The van der Waals surface area contributed by atoms with Crippen LogP contribution in [0, 0.1) is 5.92 Å². The van der Waals surface area contributed by atoms with Gasteiger partial charge in [0.1, 0.15) is 0 Å². The Morgan fingerprint density at radius 2 is 2.24 bits per heavy atom. The first-order chi connectivity index (χ1) is 10.2. The molecule has 1 aromatic heterocycles. The summed E-state index contributed by atoms with van der Waals surface area (Å²) in [6.07, 6.45) is 2.50. The predicted molar refractivity (Wildman–Crippen MR) is 85.4 cm³/mol. The van der Waals surface area contributed by atoms with Crippen LogP contribution in [0.2, 0.25) is 0 Å². The van der Waals surface area contributed by atoms with Crippen molar-refractivity contribution in [2.75, 3.05) is 13.2 Å². The summed E-state index contributed by atoms with van der Waals surface area (Å²) in [6, 6.07) is 8.92. The topological polar surface area (TPSA) is 39.1 Å². The molecule has 0 saturated carbocycles. The Bertz CT molecular complexity index is 607. The van der Waals surface area contributed by atoms with Gasteiger partial charge in [0.2, 0.25) is 0 Å². The molecule has 3 atom stereocenters. The molecule has 2 aromatic rings. The molecule has 1 saturated heterocycles. The number of ether oxygens (including phenoxy) is 1. The number of nitrogens with one attached hydrogen (secondary N) is 1. The molecular weight excluding hydrogens is 262 g/mol. The molecule has 0 amide bonds. The van der Waals surface area contributed by atoms with Gasteiger partial charge < -0.3 is 10.1 Å². The number of para-hydroxylation sites is 1. The molecule has 114 valence electrons. The normalized spacial score (nSPS) is 23.8. The van der Waals surface area contributed by atoms with Crippen molar-refractivity contribution in [3.05, 3.63) is 30.0 Å². The standard InChI is InChI=1S/C17H25N3O/c1-4-18-15(13-9-12(2)21-11-13)10-16-14-7-5-6-8-17(14)20(3)19-16/h5-8,12-13,15,18H,4,9-11H2,1-3H3. The fourth-order valence-corrected chi connectivity index (χ4v) is 3.45. The highest BCUT2D eigenvalue weighted by Gasteiger charge is 2.30. The van der Waals surface area contributed by atoms with Gasteiger partial charge in [0.05, 0.1) is 23.9 Å². The first-order valence-corrected chi connectivity index (χ1v) is 7.94. The second kappa shape index (κ2) is 6.16. The smallest absolute Gasteiger partial charge is 0.0718 e. The number of hydrogen-bond donors (Lipinski definition) is 1. The number of likely N-dealkylation sites (N-methyl/N-ethyl adjacent to an activating group) is 1. The first kappa shape index (κ1) is 14.5. The van der Waals surface area contributed by atoms with Crippen LogP contribution in [0.1, 0.15) is 26.0 Å². The lowest BCUT2D eigenvalue weighted by molar-refractivity contribution is 0.117. The average Bonchev–Trinajstić information content (AvgIpc) is 3.04. The lowest BCUT2D eigenvalue weighted by atomic mass is 9.92. The van der Waals surface area contributed by atoms with Crippen molar-refractivity contribution in [1.29, 1.82) is 0 Å². The van der Waals surface area contributed by atoms with E-state index < -0.39 is 0 Å². The van der Waals surface area contributed by atoms with Crippen LogP contribution in [-0.4, -0.2) is 35.1 Å². The van der Waals surface area contributed by atoms with Crippen LogP contribution in [0.3, 0.4) is 0 Å². The molecule has 4 nitrogen and oxygen atoms in total. The molecule has 4 heteroatoms. The summed E-state index contributed by atoms with van der Waals surface area (Å²) < 4.78 is 7.75. The molecule has 1 aliphatic heterocycles. The van der Waals surface area contributed by atoms with E-state index in [1.165, 1.54) is 16.6 Å². The zero-order chi connectivity index (χ0) is 14.8. The van der Waals surface area contributed by atoms with Crippen LogP contribution in [0.4, 0.5) is 0 Å². The third-order valence-corrected chi connectivity index (χ3v) is 4.51. The molecule has 0 aliphatic carbocycles. The second-order valence-electron chi connectivity index (χ2n) is 6.10. The Balaban J connectivity index is 1.84. The van der Waals surface area contributed by atoms with Gasteiger partial charge in [-0.2, -0.15) is 5.10 Å². The van der Waals surface area contributed by atoms with Gasteiger partial charge in [0.15, 0.2) is 0 Å². The van der Waals surface area contributed by atoms with E-state index in [4.69, 9.17) is 9.84 Å². The summed E-state index contributed by atoms with van der Waals surface area (Å²) in [5, 5.41) is 9.65. The van der Waals surface area contributed by atoms with Crippen LogP contribution in [0.15, 0.2) is 24.3 Å². The van der Waals surface area contributed by atoms with Gasteiger partial charge in [-0.05, 0) is 26.0 Å². The molecule has 1 aromatic carbocycles. The van der Waals surface area contributed by atoms with Gasteiger partial charge >= 0.3 is 0 Å². The predicted octanol–water partition coefficient (Wildman–Crippen LogP) is 2.52. The Kier molecular flexibility index (Phi) is 4.27. The monoisotopic (exact) mass is 287 g/mol. The van der Waals surface area contributed by atoms with E-state index in [0.29, 0.717) is 18.1 Å². The zero-order valence-corrected chi connectivity index (χ0v) is 13.2. The molecule has 1 N–H and O–H groups in total. The van der Waals surface area contributed by atoms with Gasteiger partial charge in [0, 0.05) is 30.8 Å². The molecule has 0 spiro atoms. The van der Waals surface area contributed by atoms with Crippen molar-refractivity contribution in [2.24, 2.45) is 13.0 Å². The van der Waals surface area contributed by atoms with Gasteiger partial charge in [-0.1, -0.05) is 25.1 Å². The SMILES string of the molecule is CCNC(Cc1nn(C)c2ccccc12)C1COC(C)C1. The van der Waals surface area contributed by atoms with E-state index in [9.17, 15) is 0 Å². The molecule has 21 heavy (non-hydrogen) atoms. The summed E-state index contributed by atoms with van der Waals surface area (Å²) in [6.45, 7) is 6.19. The maximum absolute atomic E-state index is 5.76. The molecule has 3 rings (SSSR count). The van der Waals surface area contributed by atoms with Crippen molar-refractivity contribution in [2.45, 2.75) is 38.8 Å². The quantitative estimate of drug-likeness (QED) is 0.918. The molecule has 0 radical (unpaired) electrons. The van der Waals surface area contributed by atoms with E-state index in [0.717, 1.165) is 26.0 Å². The number of nitrogens with zero attached hydrogens (tertiary/aromatic N) is 2. The van der Waals surface area contributed by atoms with Crippen molar-refractivity contribution in [3.8, 4) is 0 Å². The first-order valence-electron chi connectivity index (χ1n) is 7.94. The van der Waals surface area contributed by atoms with E-state index >= 15 is 0 Å². The summed E-state index contributed by atoms with van der Waals surface area (Å²) in [7, 11) is 2.02. The van der Waals surface area contributed by atoms with Gasteiger partial charge in [-0.25, -0.2) is 0 Å². The Morgan fingerprint density at radius 3 is 2.95 bits per heavy atom. The molecule has 1 aliphatic rings. The van der Waals surface area contributed by atoms with E-state index in [1.54, 1.807) is 0 Å². The third kappa shape index (κ3) is 2.97. The van der Waals surface area contributed by atoms with Crippen LogP contribution in [0.25, 0.3) is 10.9 Å². The largest absolute Gasteiger partial charge is 0.378 e. The molecular formula is C17H25N3O. The minimum absolute atomic E-state index is 0.386. The fraction of sp³-hybridized carbons (Fsp3) is 0.588. The lowest BCUT2D eigenvalue weighted by Gasteiger charge is -2.22. The van der Waals surface area contributed by atoms with Crippen LogP contribution in [0.5, 0.6) is 0 Å². The van der Waals surface area contributed by atoms with Crippen LogP contribution in [-0.2, 0) is 18.2 Å². The highest BCUT2D eigenvalue weighted by atomic mass is 16.5. The number of hydrogen-bond acceptors (Lipinski definition) is 3. The second-order valence-corrected chi connectivity index (χ2v) is 6.10. The summed E-state index contributed by atoms with van der Waals surface area (Å²) >= 11 is 0. The van der Waals surface area contributed by atoms with E-state index in [1.807, 2.05) is 11.7 Å². The number of benzene rings is 1. The Morgan fingerprint density at radius 1 is 1.43 bits per heavy atom. The minimum atomic E-state index is 0.386. The van der Waals surface area contributed by atoms with Gasteiger partial charge in [-0.15, -0.1) is 0 Å². The van der Waals surface area contributed by atoms with Gasteiger partial charge in [0.25, 0.3) is 0 Å². The van der Waals surface area contributed by atoms with Gasteiger partial charge in [-0.3, -0.25) is 4.68 Å². The Hall–Kier alpha value is -1.39. The summed E-state index contributed by atoms with van der Waals surface area (Å²) in [5.74, 6) is 0.584. The van der Waals surface area contributed by atoms with Crippen LogP contribution < -0.4 is 5.32 Å². The molecule has 3 unspecified atom stereocenters. The molecule has 1 fully saturated rings. The lowest BCUT2D eigenvalue weighted by Crippen LogP contribution is -2.38. The Labute approximate surface area is 126 Å².